The van der Waals surface area contributed by atoms with Crippen molar-refractivity contribution in [2.45, 2.75) is 13.0 Å². The monoisotopic (exact) mass is 255 g/mol. The van der Waals surface area contributed by atoms with Gasteiger partial charge in [-0.1, -0.05) is 0 Å². The molecule has 0 aliphatic carbocycles. The van der Waals surface area contributed by atoms with E-state index in [1.165, 1.54) is 18.0 Å². The molecule has 0 aromatic carbocycles. The van der Waals surface area contributed by atoms with E-state index in [4.69, 9.17) is 20.3 Å². The number of fused-ring (bicyclic) bond motifs is 1. The van der Waals surface area contributed by atoms with Gasteiger partial charge in [-0.15, -0.1) is 0 Å². The summed E-state index contributed by atoms with van der Waals surface area (Å²) in [6.07, 6.45) is 0.651. The first-order valence-electron chi connectivity index (χ1n) is 5.11. The Hall–Kier alpha value is -1.97. The number of nitrogen functional groups attached to an aromatic ring is 1. The molecule has 98 valence electrons. The number of aromatic nitrogens is 4. The molecule has 2 rings (SSSR count). The fraction of sp³-hybridized carbons (Fsp3) is 0.444. The van der Waals surface area contributed by atoms with Crippen LogP contribution in [0.3, 0.4) is 0 Å². The number of anilines is 1. The third kappa shape index (κ3) is 2.32. The molecule has 0 saturated heterocycles. The number of nitrogens with one attached hydrogen (secondary N) is 1. The Bertz CT molecular complexity index is 588. The quantitative estimate of drug-likeness (QED) is 0.563. The number of H-pyrrole nitrogens is 1. The zero-order valence-corrected chi connectivity index (χ0v) is 9.66. The summed E-state index contributed by atoms with van der Waals surface area (Å²) in [6.45, 7) is -0.245. The maximum Gasteiger partial charge on any atom is 0.280 e. The summed E-state index contributed by atoms with van der Waals surface area (Å²) < 4.78 is 11.6. The topological polar surface area (TPSA) is 128 Å². The molecule has 0 bridgehead atoms. The molecule has 0 aliphatic heterocycles. The average Bonchev–Trinajstić information content (AvgIpc) is 2.74. The smallest absolute Gasteiger partial charge is 0.280 e. The zero-order valence-electron chi connectivity index (χ0n) is 9.66. The van der Waals surface area contributed by atoms with Gasteiger partial charge in [-0.05, 0) is 0 Å². The lowest BCUT2D eigenvalue weighted by atomic mass is 10.5. The number of aliphatic hydroxyl groups excluding tert-OH is 1. The number of aliphatic hydroxyl groups is 1. The molecule has 0 saturated carbocycles. The Morgan fingerprint density at radius 1 is 1.67 bits per heavy atom. The second kappa shape index (κ2) is 5.12. The van der Waals surface area contributed by atoms with Gasteiger partial charge in [0.15, 0.2) is 17.5 Å². The molecule has 2 aromatic rings. The Labute approximate surface area is 101 Å². The first kappa shape index (κ1) is 12.5. The van der Waals surface area contributed by atoms with Crippen LogP contribution in [0.4, 0.5) is 5.95 Å². The molecule has 18 heavy (non-hydrogen) atoms. The van der Waals surface area contributed by atoms with Crippen molar-refractivity contribution in [1.29, 1.82) is 0 Å². The maximum atomic E-state index is 11.5. The van der Waals surface area contributed by atoms with Crippen molar-refractivity contribution in [1.82, 2.24) is 19.5 Å². The summed E-state index contributed by atoms with van der Waals surface area (Å²) in [5, 5.41) is 8.89. The Morgan fingerprint density at radius 3 is 3.11 bits per heavy atom. The first-order chi connectivity index (χ1) is 8.65. The van der Waals surface area contributed by atoms with E-state index in [1.54, 1.807) is 0 Å². The minimum atomic E-state index is -0.748. The van der Waals surface area contributed by atoms with Crippen LogP contribution in [0.25, 0.3) is 11.2 Å². The highest BCUT2D eigenvalue weighted by molar-refractivity contribution is 5.70. The number of nitrogens with zero attached hydrogens (tertiary/aromatic N) is 3. The fourth-order valence-electron chi connectivity index (χ4n) is 1.42. The van der Waals surface area contributed by atoms with Crippen molar-refractivity contribution < 1.29 is 14.6 Å². The minimum absolute atomic E-state index is 0.000278. The van der Waals surface area contributed by atoms with Crippen LogP contribution in [0.5, 0.6) is 0 Å². The summed E-state index contributed by atoms with van der Waals surface area (Å²) >= 11 is 0. The average molecular weight is 255 g/mol. The van der Waals surface area contributed by atoms with Crippen molar-refractivity contribution >= 4 is 17.1 Å². The molecule has 0 radical (unpaired) electrons. The molecule has 1 unspecified atom stereocenters. The van der Waals surface area contributed by atoms with Crippen molar-refractivity contribution in [3.63, 3.8) is 0 Å². The summed E-state index contributed by atoms with van der Waals surface area (Å²) in [6, 6.07) is 0. The molecule has 1 atom stereocenters. The molecule has 0 amide bonds. The number of methoxy groups -OCH3 is 1. The molecule has 4 N–H and O–H groups in total. The maximum absolute atomic E-state index is 11.5. The van der Waals surface area contributed by atoms with Gasteiger partial charge in [-0.25, -0.2) is 4.98 Å². The van der Waals surface area contributed by atoms with E-state index in [0.717, 1.165) is 0 Å². The molecule has 0 aliphatic rings. The van der Waals surface area contributed by atoms with Gasteiger partial charge >= 0.3 is 0 Å². The Balaban J connectivity index is 2.27. The predicted octanol–water partition coefficient (Wildman–Crippen LogP) is -1.36. The van der Waals surface area contributed by atoms with Crippen LogP contribution < -0.4 is 11.3 Å². The van der Waals surface area contributed by atoms with E-state index >= 15 is 0 Å². The molecular weight excluding hydrogens is 242 g/mol. The van der Waals surface area contributed by atoms with Crippen molar-refractivity contribution in [3.8, 4) is 0 Å². The molecular formula is C9H13N5O4. The van der Waals surface area contributed by atoms with Gasteiger partial charge in [-0.3, -0.25) is 14.3 Å². The van der Waals surface area contributed by atoms with Crippen molar-refractivity contribution in [2.24, 2.45) is 0 Å². The first-order valence-corrected chi connectivity index (χ1v) is 5.11. The molecule has 2 heterocycles. The van der Waals surface area contributed by atoms with E-state index < -0.39 is 11.8 Å². The zero-order chi connectivity index (χ0) is 13.1. The van der Waals surface area contributed by atoms with Crippen LogP contribution in [-0.2, 0) is 16.2 Å². The summed E-state index contributed by atoms with van der Waals surface area (Å²) in [5.74, 6) is -0.000278. The van der Waals surface area contributed by atoms with Gasteiger partial charge in [0.25, 0.3) is 5.56 Å². The van der Waals surface area contributed by atoms with Gasteiger partial charge < -0.3 is 20.3 Å². The largest absolute Gasteiger partial charge is 0.391 e. The van der Waals surface area contributed by atoms with Crippen LogP contribution in [0.15, 0.2) is 11.1 Å². The van der Waals surface area contributed by atoms with Crippen molar-refractivity contribution in [2.75, 3.05) is 19.5 Å². The highest BCUT2D eigenvalue weighted by atomic mass is 16.7. The lowest BCUT2D eigenvalue weighted by Gasteiger charge is -2.13. The fourth-order valence-corrected chi connectivity index (χ4v) is 1.42. The third-order valence-electron chi connectivity index (χ3n) is 2.30. The summed E-state index contributed by atoms with van der Waals surface area (Å²) in [5.41, 5.74) is 5.51. The lowest BCUT2D eigenvalue weighted by Crippen LogP contribution is -2.21. The summed E-state index contributed by atoms with van der Waals surface area (Å²) in [4.78, 5) is 21.7. The molecule has 9 heteroatoms. The van der Waals surface area contributed by atoms with Crippen molar-refractivity contribution in [3.05, 3.63) is 16.7 Å². The van der Waals surface area contributed by atoms with E-state index in [9.17, 15) is 4.79 Å². The van der Waals surface area contributed by atoms with Gasteiger partial charge in [0.2, 0.25) is 5.95 Å². The third-order valence-corrected chi connectivity index (χ3v) is 2.30. The van der Waals surface area contributed by atoms with Gasteiger partial charge in [0.1, 0.15) is 6.73 Å². The highest BCUT2D eigenvalue weighted by Crippen LogP contribution is 2.07. The van der Waals surface area contributed by atoms with E-state index in [0.29, 0.717) is 5.65 Å². The Kier molecular flexibility index (Phi) is 3.55. The Morgan fingerprint density at radius 2 is 2.44 bits per heavy atom. The summed E-state index contributed by atoms with van der Waals surface area (Å²) in [7, 11) is 1.41. The van der Waals surface area contributed by atoms with Crippen LogP contribution >= 0.6 is 0 Å². The highest BCUT2D eigenvalue weighted by Gasteiger charge is 2.11. The number of rotatable bonds is 5. The number of imidazole rings is 1. The molecule has 2 aromatic heterocycles. The number of hydrogen-bond acceptors (Lipinski definition) is 7. The number of aromatic amines is 1. The number of nitrogens with two attached hydrogens (primary N) is 1. The van der Waals surface area contributed by atoms with Crippen LogP contribution in [0.2, 0.25) is 0 Å². The van der Waals surface area contributed by atoms with Gasteiger partial charge in [-0.2, -0.15) is 4.98 Å². The van der Waals surface area contributed by atoms with E-state index in [1.807, 2.05) is 0 Å². The van der Waals surface area contributed by atoms with E-state index in [-0.39, 0.29) is 24.8 Å². The molecule has 0 fully saturated rings. The normalized spacial score (nSPS) is 13.0. The second-order valence-electron chi connectivity index (χ2n) is 3.48. The number of hydrogen-bond donors (Lipinski definition) is 3. The minimum Gasteiger partial charge on any atom is -0.391 e. The van der Waals surface area contributed by atoms with E-state index in [2.05, 4.69) is 15.0 Å². The SMILES string of the molecule is COC(CO)OCn1cnc2c(=O)[nH]c(N)nc21. The predicted molar refractivity (Wildman–Crippen MR) is 61.5 cm³/mol. The molecule has 0 spiro atoms. The van der Waals surface area contributed by atoms with Crippen LogP contribution in [-0.4, -0.2) is 44.6 Å². The van der Waals surface area contributed by atoms with Gasteiger partial charge in [0.05, 0.1) is 12.9 Å². The second-order valence-corrected chi connectivity index (χ2v) is 3.48. The molecule has 9 nitrogen and oxygen atoms in total. The van der Waals surface area contributed by atoms with Crippen LogP contribution in [0, 0.1) is 0 Å². The number of ether oxygens (including phenoxy) is 2. The standard InChI is InChI=1S/C9H13N5O4/c1-17-5(2-15)18-4-14-3-11-6-7(14)12-9(10)13-8(6)16/h3,5,15H,2,4H2,1H3,(H3,10,12,13,16). The lowest BCUT2D eigenvalue weighted by molar-refractivity contribution is -0.165. The van der Waals surface area contributed by atoms with Gasteiger partial charge in [0, 0.05) is 7.11 Å². The van der Waals surface area contributed by atoms with Crippen LogP contribution in [0.1, 0.15) is 0 Å².